The summed E-state index contributed by atoms with van der Waals surface area (Å²) in [5, 5.41) is 0. The molecule has 17 heavy (non-hydrogen) atoms. The van der Waals surface area contributed by atoms with Crippen molar-refractivity contribution in [2.75, 3.05) is 20.0 Å². The molecule has 0 aliphatic heterocycles. The first-order valence-electron chi connectivity index (χ1n) is 4.68. The Bertz CT molecular complexity index is 371. The highest BCUT2D eigenvalue weighted by atomic mass is 19.4. The molecule has 5 nitrogen and oxygen atoms in total. The molecule has 0 aromatic carbocycles. The molecule has 0 saturated carbocycles. The van der Waals surface area contributed by atoms with Crippen LogP contribution in [-0.2, 0) is 6.42 Å². The van der Waals surface area contributed by atoms with Gasteiger partial charge in [0, 0.05) is 6.42 Å². The van der Waals surface area contributed by atoms with Crippen LogP contribution in [0.4, 0.5) is 19.1 Å². The molecule has 1 aromatic heterocycles. The van der Waals surface area contributed by atoms with Gasteiger partial charge in [0.25, 0.3) is 0 Å². The number of hydrogen-bond acceptors (Lipinski definition) is 5. The van der Waals surface area contributed by atoms with Crippen LogP contribution in [-0.4, -0.2) is 30.4 Å². The van der Waals surface area contributed by atoms with E-state index in [2.05, 4.69) is 9.97 Å². The summed E-state index contributed by atoms with van der Waals surface area (Å²) in [4.78, 5) is 7.40. The second-order valence-electron chi connectivity index (χ2n) is 3.19. The smallest absolute Gasteiger partial charge is 0.389 e. The first-order chi connectivity index (χ1) is 7.87. The Kier molecular flexibility index (Phi) is 3.97. The van der Waals surface area contributed by atoms with Crippen LogP contribution in [0.1, 0.15) is 12.0 Å². The Hall–Kier alpha value is -1.73. The van der Waals surface area contributed by atoms with Crippen molar-refractivity contribution in [1.29, 1.82) is 0 Å². The molecule has 1 aromatic rings. The van der Waals surface area contributed by atoms with Crippen molar-refractivity contribution in [3.05, 3.63) is 5.56 Å². The van der Waals surface area contributed by atoms with Gasteiger partial charge in [0.15, 0.2) is 0 Å². The van der Waals surface area contributed by atoms with Crippen molar-refractivity contribution < 1.29 is 22.6 Å². The van der Waals surface area contributed by atoms with E-state index in [1.165, 1.54) is 14.2 Å². The average molecular weight is 251 g/mol. The van der Waals surface area contributed by atoms with Crippen LogP contribution in [0.15, 0.2) is 0 Å². The van der Waals surface area contributed by atoms with Gasteiger partial charge in [-0.25, -0.2) is 0 Å². The molecule has 0 bridgehead atoms. The van der Waals surface area contributed by atoms with Crippen molar-refractivity contribution >= 4 is 5.95 Å². The van der Waals surface area contributed by atoms with Gasteiger partial charge in [0.05, 0.1) is 19.8 Å². The van der Waals surface area contributed by atoms with Gasteiger partial charge in [-0.15, -0.1) is 0 Å². The predicted octanol–water partition coefficient (Wildman–Crippen LogP) is 1.57. The highest BCUT2D eigenvalue weighted by Gasteiger charge is 2.29. The topological polar surface area (TPSA) is 70.3 Å². The zero-order valence-electron chi connectivity index (χ0n) is 9.34. The molecule has 96 valence electrons. The second-order valence-corrected chi connectivity index (χ2v) is 3.19. The zero-order valence-corrected chi connectivity index (χ0v) is 9.34. The van der Waals surface area contributed by atoms with Crippen LogP contribution < -0.4 is 15.2 Å². The molecule has 0 fully saturated rings. The van der Waals surface area contributed by atoms with Crippen molar-refractivity contribution in [3.63, 3.8) is 0 Å². The van der Waals surface area contributed by atoms with E-state index in [0.29, 0.717) is 0 Å². The second kappa shape index (κ2) is 5.07. The van der Waals surface area contributed by atoms with E-state index >= 15 is 0 Å². The summed E-state index contributed by atoms with van der Waals surface area (Å²) in [6, 6.07) is 0. The lowest BCUT2D eigenvalue weighted by atomic mass is 10.1. The van der Waals surface area contributed by atoms with Gasteiger partial charge in [-0.3, -0.25) is 0 Å². The van der Waals surface area contributed by atoms with Gasteiger partial charge in [0.1, 0.15) is 0 Å². The summed E-state index contributed by atoms with van der Waals surface area (Å²) in [5.74, 6) is -0.119. The molecule has 0 atom stereocenters. The minimum atomic E-state index is -4.27. The first-order valence-corrected chi connectivity index (χ1v) is 4.68. The summed E-state index contributed by atoms with van der Waals surface area (Å²) in [6.07, 6.45) is -5.60. The van der Waals surface area contributed by atoms with E-state index in [0.717, 1.165) is 0 Å². The standard InChI is InChI=1S/C9H12F3N3O2/c1-16-6-5(3-4-9(10,11)12)7(17-2)15-8(13)14-6/h3-4H2,1-2H3,(H2,13,14,15). The molecule has 0 aliphatic carbocycles. The van der Waals surface area contributed by atoms with E-state index in [1.54, 1.807) is 0 Å². The number of ether oxygens (including phenoxy) is 2. The van der Waals surface area contributed by atoms with Crippen LogP contribution in [0, 0.1) is 0 Å². The molecule has 8 heteroatoms. The van der Waals surface area contributed by atoms with Crippen LogP contribution in [0.2, 0.25) is 0 Å². The van der Waals surface area contributed by atoms with E-state index in [-0.39, 0.29) is 29.7 Å². The fourth-order valence-corrected chi connectivity index (χ4v) is 1.28. The maximum atomic E-state index is 12.1. The summed E-state index contributed by atoms with van der Waals surface area (Å²) < 4.78 is 46.1. The molecular formula is C9H12F3N3O2. The molecule has 0 spiro atoms. The minimum absolute atomic E-state index is 0.00130. The SMILES string of the molecule is COc1nc(N)nc(OC)c1CCC(F)(F)F. The molecule has 0 radical (unpaired) electrons. The molecule has 0 saturated heterocycles. The number of hydrogen-bond donors (Lipinski definition) is 1. The molecule has 0 aliphatic rings. The number of rotatable bonds is 4. The lowest BCUT2D eigenvalue weighted by Crippen LogP contribution is -2.11. The fourth-order valence-electron chi connectivity index (χ4n) is 1.28. The number of methoxy groups -OCH3 is 2. The van der Waals surface area contributed by atoms with E-state index in [9.17, 15) is 13.2 Å². The summed E-state index contributed by atoms with van der Waals surface area (Å²) in [5.41, 5.74) is 5.51. The minimum Gasteiger partial charge on any atom is -0.481 e. The van der Waals surface area contributed by atoms with Crippen LogP contribution in [0.5, 0.6) is 11.8 Å². The number of anilines is 1. The Morgan fingerprint density at radius 3 is 1.94 bits per heavy atom. The number of aromatic nitrogens is 2. The number of halogens is 3. The third-order valence-corrected chi connectivity index (χ3v) is 1.99. The Balaban J connectivity index is 3.03. The Morgan fingerprint density at radius 1 is 1.12 bits per heavy atom. The zero-order chi connectivity index (χ0) is 13.1. The molecule has 1 rings (SSSR count). The Labute approximate surface area is 95.8 Å². The lowest BCUT2D eigenvalue weighted by Gasteiger charge is -2.12. The number of alkyl halides is 3. The molecule has 2 N–H and O–H groups in total. The number of nitrogens with two attached hydrogens (primary N) is 1. The van der Waals surface area contributed by atoms with Gasteiger partial charge < -0.3 is 15.2 Å². The van der Waals surface area contributed by atoms with Crippen molar-refractivity contribution in [3.8, 4) is 11.8 Å². The molecule has 1 heterocycles. The van der Waals surface area contributed by atoms with Gasteiger partial charge in [-0.2, -0.15) is 23.1 Å². The summed E-state index contributed by atoms with van der Waals surface area (Å²) >= 11 is 0. The van der Waals surface area contributed by atoms with E-state index < -0.39 is 12.6 Å². The van der Waals surface area contributed by atoms with Crippen LogP contribution in [0.3, 0.4) is 0 Å². The van der Waals surface area contributed by atoms with Gasteiger partial charge in [-0.05, 0) is 6.42 Å². The van der Waals surface area contributed by atoms with Gasteiger partial charge in [0.2, 0.25) is 17.7 Å². The molecule has 0 amide bonds. The van der Waals surface area contributed by atoms with Gasteiger partial charge >= 0.3 is 6.18 Å². The highest BCUT2D eigenvalue weighted by molar-refractivity contribution is 5.40. The van der Waals surface area contributed by atoms with Crippen molar-refractivity contribution in [2.24, 2.45) is 0 Å². The third-order valence-electron chi connectivity index (χ3n) is 1.99. The van der Waals surface area contributed by atoms with Crippen LogP contribution >= 0.6 is 0 Å². The van der Waals surface area contributed by atoms with Crippen molar-refractivity contribution in [1.82, 2.24) is 9.97 Å². The maximum Gasteiger partial charge on any atom is 0.389 e. The summed E-state index contributed by atoms with van der Waals surface area (Å²) in [6.45, 7) is 0. The monoisotopic (exact) mass is 251 g/mol. The summed E-state index contributed by atoms with van der Waals surface area (Å²) in [7, 11) is 2.58. The first kappa shape index (κ1) is 13.3. The average Bonchev–Trinajstić information content (AvgIpc) is 2.24. The lowest BCUT2D eigenvalue weighted by molar-refractivity contribution is -0.134. The molecular weight excluding hydrogens is 239 g/mol. The largest absolute Gasteiger partial charge is 0.481 e. The number of nitrogens with zero attached hydrogens (tertiary/aromatic N) is 2. The maximum absolute atomic E-state index is 12.1. The van der Waals surface area contributed by atoms with Crippen LogP contribution in [0.25, 0.3) is 0 Å². The molecule has 0 unspecified atom stereocenters. The van der Waals surface area contributed by atoms with Crippen molar-refractivity contribution in [2.45, 2.75) is 19.0 Å². The van der Waals surface area contributed by atoms with E-state index in [4.69, 9.17) is 15.2 Å². The highest BCUT2D eigenvalue weighted by Crippen LogP contribution is 2.30. The van der Waals surface area contributed by atoms with Gasteiger partial charge in [-0.1, -0.05) is 0 Å². The third kappa shape index (κ3) is 3.65. The predicted molar refractivity (Wildman–Crippen MR) is 53.9 cm³/mol. The number of nitrogen functional groups attached to an aromatic ring is 1. The van der Waals surface area contributed by atoms with E-state index in [1.807, 2.05) is 0 Å². The quantitative estimate of drug-likeness (QED) is 0.879. The fraction of sp³-hybridized carbons (Fsp3) is 0.556. The normalized spacial score (nSPS) is 11.4. The Morgan fingerprint density at radius 2 is 1.59 bits per heavy atom.